The minimum Gasteiger partial charge on any atom is -0.478 e. The van der Waals surface area contributed by atoms with Gasteiger partial charge in [0.25, 0.3) is 5.91 Å². The summed E-state index contributed by atoms with van der Waals surface area (Å²) >= 11 is 0. The van der Waals surface area contributed by atoms with E-state index >= 15 is 0 Å². The van der Waals surface area contributed by atoms with Crippen molar-refractivity contribution < 1.29 is 14.7 Å². The fraction of sp³-hybridized carbons (Fsp3) is 0.462. The van der Waals surface area contributed by atoms with Crippen LogP contribution in [0, 0.1) is 0 Å². The monoisotopic (exact) mass is 263 g/mol. The Morgan fingerprint density at radius 2 is 2.16 bits per heavy atom. The third-order valence-corrected chi connectivity index (χ3v) is 3.33. The standard InChI is InChI=1S/C13H17N3O3/c1-9-8-15(2)6-7-16(9)12(17)11-10(13(18)19)4-3-5-14-11/h3-5,9H,6-8H2,1-2H3,(H,18,19). The smallest absolute Gasteiger partial charge is 0.338 e. The van der Waals surface area contributed by atoms with Crippen LogP contribution in [0.3, 0.4) is 0 Å². The molecule has 6 heteroatoms. The molecule has 1 unspecified atom stereocenters. The van der Waals surface area contributed by atoms with E-state index in [9.17, 15) is 9.59 Å². The fourth-order valence-corrected chi connectivity index (χ4v) is 2.33. The third kappa shape index (κ3) is 2.73. The van der Waals surface area contributed by atoms with Crippen molar-refractivity contribution in [2.24, 2.45) is 0 Å². The second-order valence-electron chi connectivity index (χ2n) is 4.81. The van der Waals surface area contributed by atoms with Gasteiger partial charge in [-0.25, -0.2) is 4.79 Å². The van der Waals surface area contributed by atoms with Gasteiger partial charge < -0.3 is 14.9 Å². The van der Waals surface area contributed by atoms with Gasteiger partial charge in [-0.15, -0.1) is 0 Å². The van der Waals surface area contributed by atoms with Crippen molar-refractivity contribution in [2.45, 2.75) is 13.0 Å². The molecule has 1 aliphatic rings. The number of aromatic carboxylic acids is 1. The molecule has 1 aromatic rings. The Morgan fingerprint density at radius 3 is 2.79 bits per heavy atom. The molecule has 1 aromatic heterocycles. The van der Waals surface area contributed by atoms with E-state index < -0.39 is 5.97 Å². The lowest BCUT2D eigenvalue weighted by Gasteiger charge is -2.38. The minimum atomic E-state index is -1.13. The molecule has 0 aliphatic carbocycles. The third-order valence-electron chi connectivity index (χ3n) is 3.33. The van der Waals surface area contributed by atoms with Crippen LogP contribution in [-0.2, 0) is 0 Å². The van der Waals surface area contributed by atoms with E-state index in [1.807, 2.05) is 14.0 Å². The fourth-order valence-electron chi connectivity index (χ4n) is 2.33. The average molecular weight is 263 g/mol. The number of carbonyl (C=O) groups excluding carboxylic acids is 1. The molecule has 19 heavy (non-hydrogen) atoms. The van der Waals surface area contributed by atoms with Gasteiger partial charge in [-0.1, -0.05) is 0 Å². The van der Waals surface area contributed by atoms with Crippen LogP contribution >= 0.6 is 0 Å². The Kier molecular flexibility index (Phi) is 3.80. The van der Waals surface area contributed by atoms with Gasteiger partial charge in [0.2, 0.25) is 0 Å². The summed E-state index contributed by atoms with van der Waals surface area (Å²) in [5.74, 6) is -1.43. The molecule has 102 valence electrons. The number of hydrogen-bond acceptors (Lipinski definition) is 4. The van der Waals surface area contributed by atoms with Gasteiger partial charge in [0.1, 0.15) is 5.69 Å². The van der Waals surface area contributed by atoms with Gasteiger partial charge >= 0.3 is 5.97 Å². The van der Waals surface area contributed by atoms with Gasteiger partial charge in [-0.2, -0.15) is 0 Å². The molecule has 0 radical (unpaired) electrons. The molecule has 1 atom stereocenters. The first-order valence-electron chi connectivity index (χ1n) is 6.18. The van der Waals surface area contributed by atoms with Crippen molar-refractivity contribution in [1.29, 1.82) is 0 Å². The number of likely N-dealkylation sites (N-methyl/N-ethyl adjacent to an activating group) is 1. The first kappa shape index (κ1) is 13.5. The molecule has 1 fully saturated rings. The molecule has 1 saturated heterocycles. The molecular weight excluding hydrogens is 246 g/mol. The van der Waals surface area contributed by atoms with E-state index in [2.05, 4.69) is 9.88 Å². The average Bonchev–Trinajstić information content (AvgIpc) is 2.38. The van der Waals surface area contributed by atoms with Gasteiger partial charge in [0.05, 0.1) is 5.56 Å². The number of amides is 1. The maximum Gasteiger partial charge on any atom is 0.338 e. The molecule has 1 amide bonds. The summed E-state index contributed by atoms with van der Waals surface area (Å²) in [4.78, 5) is 31.3. The lowest BCUT2D eigenvalue weighted by molar-refractivity contribution is 0.0517. The van der Waals surface area contributed by atoms with E-state index in [-0.39, 0.29) is 23.2 Å². The lowest BCUT2D eigenvalue weighted by Crippen LogP contribution is -2.53. The molecular formula is C13H17N3O3. The first-order valence-corrected chi connectivity index (χ1v) is 6.18. The first-order chi connectivity index (χ1) is 9.00. The van der Waals surface area contributed by atoms with Crippen LogP contribution in [0.5, 0.6) is 0 Å². The molecule has 0 saturated carbocycles. The van der Waals surface area contributed by atoms with E-state index in [1.165, 1.54) is 18.3 Å². The predicted molar refractivity (Wildman–Crippen MR) is 69.2 cm³/mol. The normalized spacial score (nSPS) is 20.3. The molecule has 0 spiro atoms. The Labute approximate surface area is 111 Å². The predicted octanol–water partition coefficient (Wildman–Crippen LogP) is 0.556. The Balaban J connectivity index is 2.27. The van der Waals surface area contributed by atoms with Crippen LogP contribution in [0.25, 0.3) is 0 Å². The van der Waals surface area contributed by atoms with Crippen LogP contribution in [0.4, 0.5) is 0 Å². The molecule has 2 rings (SSSR count). The van der Waals surface area contributed by atoms with Crippen LogP contribution in [-0.4, -0.2) is 64.5 Å². The number of nitrogens with zero attached hydrogens (tertiary/aromatic N) is 3. The molecule has 1 N–H and O–H groups in total. The Bertz CT molecular complexity index is 504. The highest BCUT2D eigenvalue weighted by molar-refractivity contribution is 6.03. The number of carboxylic acids is 1. The van der Waals surface area contributed by atoms with Crippen LogP contribution < -0.4 is 0 Å². The molecule has 1 aliphatic heterocycles. The summed E-state index contributed by atoms with van der Waals surface area (Å²) in [6.45, 7) is 4.11. The largest absolute Gasteiger partial charge is 0.478 e. The topological polar surface area (TPSA) is 73.7 Å². The number of hydrogen-bond donors (Lipinski definition) is 1. The van der Waals surface area contributed by atoms with E-state index in [1.54, 1.807) is 4.90 Å². The van der Waals surface area contributed by atoms with E-state index in [0.29, 0.717) is 6.54 Å². The SMILES string of the molecule is CC1CN(C)CCN1C(=O)c1ncccc1C(=O)O. The molecule has 6 nitrogen and oxygen atoms in total. The van der Waals surface area contributed by atoms with Crippen molar-refractivity contribution in [3.63, 3.8) is 0 Å². The van der Waals surface area contributed by atoms with Crippen molar-refractivity contribution in [3.8, 4) is 0 Å². The zero-order valence-electron chi connectivity index (χ0n) is 11.0. The summed E-state index contributed by atoms with van der Waals surface area (Å²) in [7, 11) is 2.00. The quantitative estimate of drug-likeness (QED) is 0.843. The highest BCUT2D eigenvalue weighted by Crippen LogP contribution is 2.14. The summed E-state index contributed by atoms with van der Waals surface area (Å²) in [6.07, 6.45) is 1.44. The van der Waals surface area contributed by atoms with Crippen LogP contribution in [0.2, 0.25) is 0 Å². The van der Waals surface area contributed by atoms with Crippen LogP contribution in [0.1, 0.15) is 27.8 Å². The summed E-state index contributed by atoms with van der Waals surface area (Å²) in [6, 6.07) is 2.98. The number of pyridine rings is 1. The van der Waals surface area contributed by atoms with Crippen LogP contribution in [0.15, 0.2) is 18.3 Å². The lowest BCUT2D eigenvalue weighted by atomic mass is 10.1. The number of carbonyl (C=O) groups is 2. The number of piperazine rings is 1. The highest BCUT2D eigenvalue weighted by Gasteiger charge is 2.29. The number of carboxylic acid groups (broad SMARTS) is 1. The summed E-state index contributed by atoms with van der Waals surface area (Å²) in [5, 5.41) is 9.10. The van der Waals surface area contributed by atoms with Crippen molar-refractivity contribution in [1.82, 2.24) is 14.8 Å². The van der Waals surface area contributed by atoms with Crippen molar-refractivity contribution in [2.75, 3.05) is 26.7 Å². The maximum absolute atomic E-state index is 12.4. The van der Waals surface area contributed by atoms with Crippen molar-refractivity contribution >= 4 is 11.9 Å². The Morgan fingerprint density at radius 1 is 1.42 bits per heavy atom. The summed E-state index contributed by atoms with van der Waals surface area (Å²) in [5.41, 5.74) is -0.0231. The second kappa shape index (κ2) is 5.36. The molecule has 2 heterocycles. The molecule has 0 aromatic carbocycles. The highest BCUT2D eigenvalue weighted by atomic mass is 16.4. The van der Waals surface area contributed by atoms with E-state index in [0.717, 1.165) is 13.1 Å². The van der Waals surface area contributed by atoms with Gasteiger partial charge in [0.15, 0.2) is 0 Å². The van der Waals surface area contributed by atoms with Crippen molar-refractivity contribution in [3.05, 3.63) is 29.6 Å². The van der Waals surface area contributed by atoms with Gasteiger partial charge in [-0.05, 0) is 26.1 Å². The minimum absolute atomic E-state index is 0.0198. The number of aromatic nitrogens is 1. The molecule has 0 bridgehead atoms. The van der Waals surface area contributed by atoms with E-state index in [4.69, 9.17) is 5.11 Å². The number of rotatable bonds is 2. The maximum atomic E-state index is 12.4. The zero-order chi connectivity index (χ0) is 14.0. The second-order valence-corrected chi connectivity index (χ2v) is 4.81. The van der Waals surface area contributed by atoms with Gasteiger partial charge in [-0.3, -0.25) is 9.78 Å². The van der Waals surface area contributed by atoms with Gasteiger partial charge in [0, 0.05) is 31.9 Å². The Hall–Kier alpha value is -1.95. The zero-order valence-corrected chi connectivity index (χ0v) is 11.0. The summed E-state index contributed by atoms with van der Waals surface area (Å²) < 4.78 is 0.